The second-order valence-electron chi connectivity index (χ2n) is 23.0. The van der Waals surface area contributed by atoms with E-state index in [1.165, 1.54) is 171 Å². The van der Waals surface area contributed by atoms with E-state index in [1.54, 1.807) is 11.3 Å². The van der Waals surface area contributed by atoms with Gasteiger partial charge in [0.15, 0.2) is 0 Å². The van der Waals surface area contributed by atoms with Crippen LogP contribution in [-0.2, 0) is 24.7 Å². The highest BCUT2D eigenvalue weighted by atomic mass is 32.1. The minimum atomic E-state index is -0.222. The van der Waals surface area contributed by atoms with E-state index in [2.05, 4.69) is 158 Å². The maximum Gasteiger partial charge on any atom is 0.276 e. The molecule has 0 radical (unpaired) electrons. The molecule has 1 aliphatic rings. The highest BCUT2D eigenvalue weighted by Crippen LogP contribution is 2.58. The van der Waals surface area contributed by atoms with Gasteiger partial charge in [-0.15, -0.1) is 68.0 Å². The number of hydrogen-bond donors (Lipinski definition) is 0. The third-order valence-corrected chi connectivity index (χ3v) is 25.2. The zero-order chi connectivity index (χ0) is 56.2. The second-order valence-corrected chi connectivity index (χ2v) is 29.5. The molecule has 3 atom stereocenters. The van der Waals surface area contributed by atoms with Crippen molar-refractivity contribution >= 4 is 116 Å². The first-order valence-electron chi connectivity index (χ1n) is 30.5. The Kier molecular flexibility index (Phi) is 18.5. The van der Waals surface area contributed by atoms with Crippen molar-refractivity contribution in [3.05, 3.63) is 158 Å². The van der Waals surface area contributed by atoms with E-state index >= 15 is 4.79 Å². The second kappa shape index (κ2) is 25.9. The zero-order valence-electron chi connectivity index (χ0n) is 48.6. The Morgan fingerprint density at radius 3 is 1.67 bits per heavy atom. The molecule has 3 nitrogen and oxygen atoms in total. The lowest BCUT2D eigenvalue weighted by molar-refractivity contribution is 0.0927. The maximum atomic E-state index is 15.1. The summed E-state index contributed by atoms with van der Waals surface area (Å²) in [5.41, 5.74) is 7.39. The van der Waals surface area contributed by atoms with Crippen LogP contribution in [-0.4, -0.2) is 11.8 Å². The number of unbranched alkanes of at least 4 members (excludes halogenated alkanes) is 7. The Morgan fingerprint density at radius 2 is 1.06 bits per heavy atom. The molecule has 6 aromatic heterocycles. The molecule has 420 valence electrons. The minimum Gasteiger partial charge on any atom is -0.268 e. The Labute approximate surface area is 506 Å². The van der Waals surface area contributed by atoms with E-state index in [0.29, 0.717) is 28.0 Å². The molecular formula is C72H79NO2S6. The van der Waals surface area contributed by atoms with Crippen molar-refractivity contribution in [2.45, 2.75) is 169 Å². The van der Waals surface area contributed by atoms with E-state index in [1.807, 2.05) is 57.5 Å². The minimum absolute atomic E-state index is 0.169. The fraction of sp³-hybridized carbons (Fsp3) is 0.389. The molecule has 2 amide bonds. The standard InChI is InChI=1S/C72H79NO2S6/c1-8-14-17-18-19-22-29-48-34-36-51(37-35-48)73-70(74)63-62-64(49-30-23-20-24-31-49)80-67(68(62)81-69(63)71(73)75)58-44-54-60(56-40-38-52(76-56)42-46(11-4)27-15-9-2)66-55(45-59(79-66)72(7,13-6)50-32-25-21-26-33-50)61(65(54)78-58)57-41-39-53(77-57)43-47(12-5)28-16-10-3/h20-21,23-26,30-41,44-47H,8-19,22,27-29,42-43H2,1-7H3. The summed E-state index contributed by atoms with van der Waals surface area (Å²) in [6.07, 6.45) is 21.7. The highest BCUT2D eigenvalue weighted by Gasteiger charge is 2.43. The maximum absolute atomic E-state index is 15.1. The number of imide groups is 1. The SMILES string of the molecule is CCCCCCCCc1ccc(N2C(=O)c3sc4c(-c5cc6c(-c7ccc(CC(CC)CCCC)s7)c7sc(C(C)(CC)c8ccccc8)cc7c(-c7ccc(CC(CC)CCCC)s7)c6s5)sc(-c5ccccc5)c4c3C2=O)cc1. The molecule has 7 heterocycles. The number of benzene rings is 4. The average Bonchev–Trinajstić information content (AvgIpc) is 3.33. The lowest BCUT2D eigenvalue weighted by atomic mass is 9.78. The topological polar surface area (TPSA) is 37.4 Å². The first-order chi connectivity index (χ1) is 39.6. The molecule has 81 heavy (non-hydrogen) atoms. The van der Waals surface area contributed by atoms with Crippen LogP contribution >= 0.6 is 68.0 Å². The molecule has 11 rings (SSSR count). The summed E-state index contributed by atoms with van der Waals surface area (Å²) < 4.78 is 3.72. The molecule has 0 fully saturated rings. The average molecular weight is 1180 g/mol. The van der Waals surface area contributed by atoms with Crippen molar-refractivity contribution in [1.82, 2.24) is 0 Å². The van der Waals surface area contributed by atoms with Gasteiger partial charge < -0.3 is 0 Å². The number of rotatable bonds is 27. The van der Waals surface area contributed by atoms with E-state index in [4.69, 9.17) is 0 Å². The Balaban J connectivity index is 1.09. The van der Waals surface area contributed by atoms with Crippen molar-refractivity contribution in [2.75, 3.05) is 4.90 Å². The summed E-state index contributed by atoms with van der Waals surface area (Å²) >= 11 is 11.2. The van der Waals surface area contributed by atoms with E-state index < -0.39 is 0 Å². The molecule has 0 bridgehead atoms. The molecule has 0 aliphatic carbocycles. The van der Waals surface area contributed by atoms with E-state index in [-0.39, 0.29) is 17.2 Å². The summed E-state index contributed by atoms with van der Waals surface area (Å²) in [5.74, 6) is 0.914. The van der Waals surface area contributed by atoms with Crippen LogP contribution < -0.4 is 4.90 Å². The predicted molar refractivity (Wildman–Crippen MR) is 360 cm³/mol. The van der Waals surface area contributed by atoms with Gasteiger partial charge in [0.05, 0.1) is 20.8 Å². The zero-order valence-corrected chi connectivity index (χ0v) is 53.5. The lowest BCUT2D eigenvalue weighted by Crippen LogP contribution is -2.29. The van der Waals surface area contributed by atoms with Crippen molar-refractivity contribution in [2.24, 2.45) is 11.8 Å². The number of fused-ring (bicyclic) bond motifs is 5. The number of carbonyl (C=O) groups excluding carboxylic acids is 2. The van der Waals surface area contributed by atoms with Crippen LogP contribution in [0.25, 0.3) is 71.3 Å². The van der Waals surface area contributed by atoms with Crippen LogP contribution in [0, 0.1) is 11.8 Å². The fourth-order valence-electron chi connectivity index (χ4n) is 12.4. The highest BCUT2D eigenvalue weighted by molar-refractivity contribution is 7.33. The molecule has 1 aliphatic heterocycles. The Bertz CT molecular complexity index is 3660. The third kappa shape index (κ3) is 11.6. The van der Waals surface area contributed by atoms with Crippen molar-refractivity contribution in [3.8, 4) is 41.1 Å². The van der Waals surface area contributed by atoms with Gasteiger partial charge in [-0.1, -0.05) is 205 Å². The van der Waals surface area contributed by atoms with Crippen molar-refractivity contribution in [3.63, 3.8) is 0 Å². The number of amides is 2. The van der Waals surface area contributed by atoms with Gasteiger partial charge in [0.25, 0.3) is 11.8 Å². The van der Waals surface area contributed by atoms with Crippen LogP contribution in [0.4, 0.5) is 5.69 Å². The number of anilines is 1. The molecule has 4 aromatic carbocycles. The normalized spacial score (nSPS) is 14.3. The predicted octanol–water partition coefficient (Wildman–Crippen LogP) is 24.1. The van der Waals surface area contributed by atoms with Crippen LogP contribution in [0.15, 0.2) is 121 Å². The van der Waals surface area contributed by atoms with Gasteiger partial charge in [-0.2, -0.15) is 0 Å². The molecule has 10 aromatic rings. The number of hydrogen-bond acceptors (Lipinski definition) is 8. The number of thiophene rings is 6. The van der Waals surface area contributed by atoms with Gasteiger partial charge in [-0.3, -0.25) is 9.59 Å². The fourth-order valence-corrected chi connectivity index (χ4v) is 20.5. The van der Waals surface area contributed by atoms with E-state index in [0.717, 1.165) is 57.5 Å². The Hall–Kier alpha value is -5.00. The number of aryl methyl sites for hydroxylation is 1. The van der Waals surface area contributed by atoms with Gasteiger partial charge in [-0.05, 0) is 109 Å². The Morgan fingerprint density at radius 1 is 0.481 bits per heavy atom. The summed E-state index contributed by atoms with van der Waals surface area (Å²) in [7, 11) is 0. The molecule has 0 saturated carbocycles. The first kappa shape index (κ1) is 57.8. The van der Waals surface area contributed by atoms with Gasteiger partial charge in [0.2, 0.25) is 0 Å². The van der Waals surface area contributed by atoms with Crippen molar-refractivity contribution < 1.29 is 9.59 Å². The van der Waals surface area contributed by atoms with Gasteiger partial charge in [0.1, 0.15) is 4.88 Å². The number of nitrogens with zero attached hydrogens (tertiary/aromatic N) is 1. The monoisotopic (exact) mass is 1180 g/mol. The molecule has 0 spiro atoms. The van der Waals surface area contributed by atoms with Crippen LogP contribution in [0.3, 0.4) is 0 Å². The summed E-state index contributed by atoms with van der Waals surface area (Å²) in [4.78, 5) is 42.3. The molecular weight excluding hydrogens is 1100 g/mol. The first-order valence-corrected chi connectivity index (χ1v) is 35.4. The molecule has 0 N–H and O–H groups in total. The summed E-state index contributed by atoms with van der Waals surface area (Å²) in [5, 5.41) is 3.56. The lowest BCUT2D eigenvalue weighted by Gasteiger charge is -2.27. The smallest absolute Gasteiger partial charge is 0.268 e. The van der Waals surface area contributed by atoms with Gasteiger partial charge in [0, 0.05) is 76.2 Å². The molecule has 3 unspecified atom stereocenters. The largest absolute Gasteiger partial charge is 0.276 e. The third-order valence-electron chi connectivity index (χ3n) is 17.6. The van der Waals surface area contributed by atoms with Crippen molar-refractivity contribution in [1.29, 1.82) is 0 Å². The quantitative estimate of drug-likeness (QED) is 0.0380. The van der Waals surface area contributed by atoms with Crippen LogP contribution in [0.1, 0.15) is 191 Å². The summed E-state index contributed by atoms with van der Waals surface area (Å²) in [6, 6.07) is 44.7. The van der Waals surface area contributed by atoms with Crippen LogP contribution in [0.2, 0.25) is 0 Å². The van der Waals surface area contributed by atoms with E-state index in [9.17, 15) is 4.79 Å². The molecule has 0 saturated heterocycles. The number of carbonyl (C=O) groups is 2. The molecule has 9 heteroatoms. The van der Waals surface area contributed by atoms with Gasteiger partial charge in [-0.25, -0.2) is 4.90 Å². The summed E-state index contributed by atoms with van der Waals surface area (Å²) in [6.45, 7) is 16.4. The van der Waals surface area contributed by atoms with Gasteiger partial charge >= 0.3 is 0 Å². The van der Waals surface area contributed by atoms with Crippen LogP contribution in [0.5, 0.6) is 0 Å².